The lowest BCUT2D eigenvalue weighted by molar-refractivity contribution is -0.144. The highest BCUT2D eigenvalue weighted by molar-refractivity contribution is 5.69. The van der Waals surface area contributed by atoms with Crippen molar-refractivity contribution in [1.82, 2.24) is 0 Å². The number of hydrogen-bond donors (Lipinski definition) is 0. The normalized spacial score (nSPS) is 9.62. The molecule has 1 aromatic rings. The highest BCUT2D eigenvalue weighted by Crippen LogP contribution is 2.02. The average molecular weight is 179 g/mol. The van der Waals surface area contributed by atoms with Crippen LogP contribution in [0, 0.1) is 0 Å². The molecule has 0 saturated carbocycles. The van der Waals surface area contributed by atoms with E-state index in [-0.39, 0.29) is 5.97 Å². The van der Waals surface area contributed by atoms with Gasteiger partial charge in [0.2, 0.25) is 0 Å². The van der Waals surface area contributed by atoms with Crippen molar-refractivity contribution in [3.63, 3.8) is 0 Å². The van der Waals surface area contributed by atoms with E-state index in [1.807, 2.05) is 37.3 Å². The first-order valence-electron chi connectivity index (χ1n) is 4.52. The topological polar surface area (TPSA) is 26.3 Å². The summed E-state index contributed by atoms with van der Waals surface area (Å²) in [7, 11) is 0. The molecule has 0 unspecified atom stereocenters. The highest BCUT2D eigenvalue weighted by atomic mass is 16.5. The maximum atomic E-state index is 11.0. The summed E-state index contributed by atoms with van der Waals surface area (Å²) in [5, 5.41) is 0. The molecule has 0 N–H and O–H groups in total. The van der Waals surface area contributed by atoms with E-state index in [4.69, 9.17) is 4.74 Å². The van der Waals surface area contributed by atoms with E-state index in [0.29, 0.717) is 13.0 Å². The Kier molecular flexibility index (Phi) is 4.03. The van der Waals surface area contributed by atoms with Gasteiger partial charge in [-0.15, -0.1) is 0 Å². The van der Waals surface area contributed by atoms with Crippen LogP contribution in [0.2, 0.25) is 0 Å². The zero-order chi connectivity index (χ0) is 9.52. The second-order valence-electron chi connectivity index (χ2n) is 2.90. The first-order valence-corrected chi connectivity index (χ1v) is 4.52. The second-order valence-corrected chi connectivity index (χ2v) is 2.90. The molecule has 0 aliphatic rings. The zero-order valence-electron chi connectivity index (χ0n) is 7.82. The molecule has 0 aliphatic carbocycles. The lowest BCUT2D eigenvalue weighted by Gasteiger charge is -2.02. The average Bonchev–Trinajstić information content (AvgIpc) is 2.17. The fraction of sp³-hybridized carbons (Fsp3) is 0.364. The summed E-state index contributed by atoms with van der Waals surface area (Å²) in [6.07, 6.45) is 1.35. The van der Waals surface area contributed by atoms with E-state index in [1.54, 1.807) is 0 Å². The molecule has 0 aromatic heterocycles. The highest BCUT2D eigenvalue weighted by Gasteiger charge is 2.00. The lowest BCUT2D eigenvalue weighted by Crippen LogP contribution is -2.03. The molecular formula is C11H14O2. The van der Waals surface area contributed by atoms with Crippen molar-refractivity contribution in [1.29, 1.82) is 0 Å². The number of benzene rings is 1. The molecule has 13 heavy (non-hydrogen) atoms. The lowest BCUT2D eigenvalue weighted by atomic mass is 10.2. The number of hydrogen-bond acceptors (Lipinski definition) is 2. The van der Waals surface area contributed by atoms with Crippen molar-refractivity contribution < 1.29 is 9.53 Å². The molecule has 0 heterocycles. The molecule has 0 bridgehead atoms. The van der Waals surface area contributed by atoms with Gasteiger partial charge in [-0.2, -0.15) is 0 Å². The number of ether oxygens (including phenoxy) is 1. The van der Waals surface area contributed by atoms with Gasteiger partial charge in [-0.05, 0) is 12.0 Å². The number of rotatable bonds is 4. The van der Waals surface area contributed by atoms with Gasteiger partial charge in [0, 0.05) is 6.42 Å². The standard InChI is InChI=1S/C11H14O2/c1-2-6-11(12)13-9-10-7-4-3-5-8-10/h3-5,7-8H,2,6,9H2,1H3/i2+1. The van der Waals surface area contributed by atoms with Crippen molar-refractivity contribution in [2.24, 2.45) is 0 Å². The Morgan fingerprint density at radius 1 is 1.31 bits per heavy atom. The molecule has 2 heteroatoms. The van der Waals surface area contributed by atoms with Crippen molar-refractivity contribution in [3.8, 4) is 0 Å². The Bertz CT molecular complexity index is 254. The van der Waals surface area contributed by atoms with Crippen molar-refractivity contribution >= 4 is 5.97 Å². The third kappa shape index (κ3) is 3.74. The maximum Gasteiger partial charge on any atom is 0.306 e. The largest absolute Gasteiger partial charge is 0.461 e. The molecule has 70 valence electrons. The van der Waals surface area contributed by atoms with E-state index in [2.05, 4.69) is 0 Å². The van der Waals surface area contributed by atoms with Crippen LogP contribution < -0.4 is 0 Å². The van der Waals surface area contributed by atoms with Gasteiger partial charge in [-0.25, -0.2) is 0 Å². The zero-order valence-corrected chi connectivity index (χ0v) is 7.82. The Morgan fingerprint density at radius 3 is 2.62 bits per heavy atom. The monoisotopic (exact) mass is 179 g/mol. The van der Waals surface area contributed by atoms with Crippen LogP contribution in [0.5, 0.6) is 0 Å². The van der Waals surface area contributed by atoms with Gasteiger partial charge < -0.3 is 4.74 Å². The fourth-order valence-electron chi connectivity index (χ4n) is 1.01. The third-order valence-corrected chi connectivity index (χ3v) is 1.70. The summed E-state index contributed by atoms with van der Waals surface area (Å²) in [5.41, 5.74) is 1.03. The fourth-order valence-corrected chi connectivity index (χ4v) is 1.01. The molecule has 1 rings (SSSR count). The summed E-state index contributed by atoms with van der Waals surface area (Å²) < 4.78 is 5.03. The summed E-state index contributed by atoms with van der Waals surface area (Å²) in [4.78, 5) is 11.0. The third-order valence-electron chi connectivity index (χ3n) is 1.70. The summed E-state index contributed by atoms with van der Waals surface area (Å²) in [6, 6.07) is 9.70. The maximum absolute atomic E-state index is 11.0. The van der Waals surface area contributed by atoms with Gasteiger partial charge in [-0.1, -0.05) is 37.3 Å². The quantitative estimate of drug-likeness (QED) is 0.524. The Labute approximate surface area is 78.5 Å². The molecule has 0 aliphatic heterocycles. The van der Waals surface area contributed by atoms with E-state index in [1.165, 1.54) is 0 Å². The van der Waals surface area contributed by atoms with Gasteiger partial charge in [0.25, 0.3) is 0 Å². The van der Waals surface area contributed by atoms with Crippen LogP contribution in [0.15, 0.2) is 30.3 Å². The van der Waals surface area contributed by atoms with Crippen molar-refractivity contribution in [2.75, 3.05) is 0 Å². The Balaban J connectivity index is 2.31. The van der Waals surface area contributed by atoms with Gasteiger partial charge in [0.05, 0.1) is 0 Å². The van der Waals surface area contributed by atoms with E-state index in [0.717, 1.165) is 12.0 Å². The van der Waals surface area contributed by atoms with Gasteiger partial charge in [0.15, 0.2) is 0 Å². The van der Waals surface area contributed by atoms with Crippen LogP contribution >= 0.6 is 0 Å². The summed E-state index contributed by atoms with van der Waals surface area (Å²) >= 11 is 0. The molecule has 2 nitrogen and oxygen atoms in total. The molecule has 0 fully saturated rings. The van der Waals surface area contributed by atoms with Gasteiger partial charge in [-0.3, -0.25) is 4.79 Å². The van der Waals surface area contributed by atoms with Gasteiger partial charge in [0.1, 0.15) is 6.61 Å². The molecule has 0 radical (unpaired) electrons. The minimum Gasteiger partial charge on any atom is -0.461 e. The molecule has 0 spiro atoms. The number of esters is 1. The van der Waals surface area contributed by atoms with E-state index >= 15 is 0 Å². The SMILES string of the molecule is C[13CH2]CC(=O)OCc1ccccc1. The number of carbonyl (C=O) groups is 1. The van der Waals surface area contributed by atoms with Gasteiger partial charge >= 0.3 is 5.97 Å². The molecule has 1 aromatic carbocycles. The minimum atomic E-state index is -0.119. The Hall–Kier alpha value is -1.31. The molecule has 0 amide bonds. The van der Waals surface area contributed by atoms with E-state index in [9.17, 15) is 4.79 Å². The van der Waals surface area contributed by atoms with Crippen LogP contribution in [-0.2, 0) is 16.1 Å². The minimum absolute atomic E-state index is 0.119. The molecular weight excluding hydrogens is 165 g/mol. The molecule has 0 atom stereocenters. The molecule has 0 saturated heterocycles. The van der Waals surface area contributed by atoms with Crippen LogP contribution in [0.3, 0.4) is 0 Å². The second kappa shape index (κ2) is 5.36. The smallest absolute Gasteiger partial charge is 0.306 e. The van der Waals surface area contributed by atoms with Crippen LogP contribution in [0.4, 0.5) is 0 Å². The van der Waals surface area contributed by atoms with Crippen LogP contribution in [-0.4, -0.2) is 5.97 Å². The van der Waals surface area contributed by atoms with Crippen LogP contribution in [0.25, 0.3) is 0 Å². The summed E-state index contributed by atoms with van der Waals surface area (Å²) in [6.45, 7) is 2.35. The number of carbonyl (C=O) groups excluding carboxylic acids is 1. The van der Waals surface area contributed by atoms with Crippen molar-refractivity contribution in [2.45, 2.75) is 26.4 Å². The predicted molar refractivity (Wildman–Crippen MR) is 51.1 cm³/mol. The predicted octanol–water partition coefficient (Wildman–Crippen LogP) is 2.53. The van der Waals surface area contributed by atoms with E-state index < -0.39 is 0 Å². The van der Waals surface area contributed by atoms with Crippen molar-refractivity contribution in [3.05, 3.63) is 35.9 Å². The first kappa shape index (κ1) is 9.78. The Morgan fingerprint density at radius 2 is 2.00 bits per heavy atom. The van der Waals surface area contributed by atoms with Crippen LogP contribution in [0.1, 0.15) is 25.3 Å². The first-order chi connectivity index (χ1) is 6.33. The summed E-state index contributed by atoms with van der Waals surface area (Å²) in [5.74, 6) is -0.119.